The summed E-state index contributed by atoms with van der Waals surface area (Å²) < 4.78 is 1.76. The van der Waals surface area contributed by atoms with Crippen molar-refractivity contribution in [1.29, 1.82) is 0 Å². The molecule has 4 nitrogen and oxygen atoms in total. The molecular weight excluding hydrogens is 342 g/mol. The van der Waals surface area contributed by atoms with Gasteiger partial charge in [0.25, 0.3) is 0 Å². The maximum Gasteiger partial charge on any atom is 0.184 e. The van der Waals surface area contributed by atoms with Crippen LogP contribution in [-0.2, 0) is 0 Å². The number of benzene rings is 1. The number of unbranched alkanes of at least 4 members (excludes halogenated alkanes) is 3. The molecule has 0 unspecified atom stereocenters. The third-order valence-electron chi connectivity index (χ3n) is 3.59. The number of hydrogen-bond acceptors (Lipinski definition) is 5. The number of aliphatic hydroxyl groups excluding tert-OH is 1. The molecule has 4 N–H and O–H groups in total. The van der Waals surface area contributed by atoms with Gasteiger partial charge in [-0.1, -0.05) is 43.0 Å². The number of aliphatic hydroxyl groups is 1. The monoisotopic (exact) mass is 371 g/mol. The third kappa shape index (κ3) is 10.2. The second-order valence-electron chi connectivity index (χ2n) is 5.67. The molecule has 136 valence electrons. The minimum atomic E-state index is 0.324. The van der Waals surface area contributed by atoms with Crippen LogP contribution in [0.1, 0.15) is 44.9 Å². The molecule has 1 aromatic carbocycles. The standard InChI is InChI=1S/C7H4ClNS.C6H15NO.C5H11N/c8-7-9-5-3-1-2-4-6(5)10-7;7-5-3-1-2-4-6-8;1-2-4-6-5-3-1/h1-4H;8H,1-7H2;6H,1-5H2. The topological polar surface area (TPSA) is 71.2 Å². The second kappa shape index (κ2) is 14.6. The van der Waals surface area contributed by atoms with Crippen LogP contribution in [0.3, 0.4) is 0 Å². The summed E-state index contributed by atoms with van der Waals surface area (Å²) >= 11 is 7.20. The molecule has 1 aliphatic heterocycles. The molecule has 0 saturated carbocycles. The van der Waals surface area contributed by atoms with E-state index >= 15 is 0 Å². The number of halogens is 1. The molecule has 2 aromatic rings. The van der Waals surface area contributed by atoms with Crippen molar-refractivity contribution in [2.45, 2.75) is 44.9 Å². The highest BCUT2D eigenvalue weighted by atomic mass is 35.5. The maximum atomic E-state index is 8.33. The Balaban J connectivity index is 0.000000187. The molecule has 1 aliphatic rings. The van der Waals surface area contributed by atoms with E-state index in [9.17, 15) is 0 Å². The van der Waals surface area contributed by atoms with Gasteiger partial charge in [-0.3, -0.25) is 0 Å². The van der Waals surface area contributed by atoms with Crippen LogP contribution in [0.4, 0.5) is 0 Å². The molecule has 1 aromatic heterocycles. The lowest BCUT2D eigenvalue weighted by atomic mass is 10.2. The number of aromatic nitrogens is 1. The number of rotatable bonds is 5. The lowest BCUT2D eigenvalue weighted by Gasteiger charge is -2.08. The molecule has 1 fully saturated rings. The van der Waals surface area contributed by atoms with Gasteiger partial charge >= 0.3 is 0 Å². The first-order valence-corrected chi connectivity index (χ1v) is 10.00. The van der Waals surface area contributed by atoms with E-state index in [1.807, 2.05) is 24.3 Å². The fourth-order valence-corrected chi connectivity index (χ4v) is 3.29. The number of nitrogens with two attached hydrogens (primary N) is 1. The highest BCUT2D eigenvalue weighted by Gasteiger charge is 1.97. The van der Waals surface area contributed by atoms with Gasteiger partial charge in [0.05, 0.1) is 10.2 Å². The summed E-state index contributed by atoms with van der Waals surface area (Å²) in [5, 5.41) is 11.6. The first-order valence-electron chi connectivity index (χ1n) is 8.80. The average Bonchev–Trinajstić information content (AvgIpc) is 3.01. The summed E-state index contributed by atoms with van der Waals surface area (Å²) in [4.78, 5) is 4.10. The third-order valence-corrected chi connectivity index (χ3v) is 4.73. The molecule has 6 heteroatoms. The normalized spacial score (nSPS) is 13.6. The van der Waals surface area contributed by atoms with Gasteiger partial charge in [-0.05, 0) is 57.5 Å². The first-order chi connectivity index (χ1) is 11.8. The summed E-state index contributed by atoms with van der Waals surface area (Å²) in [5.41, 5.74) is 6.23. The van der Waals surface area contributed by atoms with Crippen molar-refractivity contribution in [2.75, 3.05) is 26.2 Å². The van der Waals surface area contributed by atoms with E-state index in [1.54, 1.807) is 0 Å². The van der Waals surface area contributed by atoms with E-state index in [4.69, 9.17) is 22.4 Å². The number of fused-ring (bicyclic) bond motifs is 1. The second-order valence-corrected chi connectivity index (χ2v) is 7.28. The van der Waals surface area contributed by atoms with Crippen LogP contribution in [0.25, 0.3) is 10.2 Å². The fraction of sp³-hybridized carbons (Fsp3) is 0.611. The number of thiazole rings is 1. The van der Waals surface area contributed by atoms with Gasteiger partial charge in [0.15, 0.2) is 4.47 Å². The van der Waals surface area contributed by atoms with Gasteiger partial charge in [0.2, 0.25) is 0 Å². The van der Waals surface area contributed by atoms with Gasteiger partial charge in [0.1, 0.15) is 0 Å². The van der Waals surface area contributed by atoms with E-state index < -0.39 is 0 Å². The lowest BCUT2D eigenvalue weighted by Crippen LogP contribution is -2.21. The minimum Gasteiger partial charge on any atom is -0.396 e. The molecule has 0 aliphatic carbocycles. The van der Waals surface area contributed by atoms with Crippen molar-refractivity contribution >= 4 is 33.2 Å². The van der Waals surface area contributed by atoms with Gasteiger partial charge in [0, 0.05) is 6.61 Å². The van der Waals surface area contributed by atoms with Crippen LogP contribution in [0.15, 0.2) is 24.3 Å². The number of para-hydroxylation sites is 1. The van der Waals surface area contributed by atoms with E-state index in [-0.39, 0.29) is 0 Å². The quantitative estimate of drug-likeness (QED) is 0.688. The highest BCUT2D eigenvalue weighted by Crippen LogP contribution is 2.24. The van der Waals surface area contributed by atoms with Crippen molar-refractivity contribution in [3.8, 4) is 0 Å². The molecule has 24 heavy (non-hydrogen) atoms. The average molecular weight is 372 g/mol. The van der Waals surface area contributed by atoms with Gasteiger partial charge in [-0.2, -0.15) is 0 Å². The lowest BCUT2D eigenvalue weighted by molar-refractivity contribution is 0.282. The predicted octanol–water partition coefficient (Wildman–Crippen LogP) is 4.21. The van der Waals surface area contributed by atoms with E-state index in [2.05, 4.69) is 10.3 Å². The summed E-state index contributed by atoms with van der Waals surface area (Å²) in [7, 11) is 0. The van der Waals surface area contributed by atoms with E-state index in [0.29, 0.717) is 11.1 Å². The van der Waals surface area contributed by atoms with Crippen molar-refractivity contribution in [1.82, 2.24) is 10.3 Å². The molecule has 0 amide bonds. The van der Waals surface area contributed by atoms with E-state index in [1.165, 1.54) is 43.7 Å². The Labute approximate surface area is 154 Å². The molecule has 0 spiro atoms. The summed E-state index contributed by atoms with van der Waals surface area (Å²) in [6.07, 6.45) is 8.53. The Morgan fingerprint density at radius 3 is 2.33 bits per heavy atom. The van der Waals surface area contributed by atoms with Crippen molar-refractivity contribution in [3.63, 3.8) is 0 Å². The predicted molar refractivity (Wildman–Crippen MR) is 106 cm³/mol. The smallest absolute Gasteiger partial charge is 0.184 e. The van der Waals surface area contributed by atoms with Gasteiger partial charge in [-0.25, -0.2) is 4.98 Å². The molecular formula is C18H30ClN3OS. The van der Waals surface area contributed by atoms with Gasteiger partial charge in [-0.15, -0.1) is 11.3 Å². The van der Waals surface area contributed by atoms with E-state index in [0.717, 1.165) is 42.4 Å². The minimum absolute atomic E-state index is 0.324. The van der Waals surface area contributed by atoms with Crippen LogP contribution in [0.5, 0.6) is 0 Å². The van der Waals surface area contributed by atoms with Crippen LogP contribution in [0, 0.1) is 0 Å². The van der Waals surface area contributed by atoms with Crippen LogP contribution in [-0.4, -0.2) is 36.3 Å². The molecule has 1 saturated heterocycles. The number of nitrogens with one attached hydrogen (secondary N) is 1. The molecule has 2 heterocycles. The highest BCUT2D eigenvalue weighted by molar-refractivity contribution is 7.22. The maximum absolute atomic E-state index is 8.33. The summed E-state index contributed by atoms with van der Waals surface area (Å²) in [6.45, 7) is 3.61. The van der Waals surface area contributed by atoms with Crippen molar-refractivity contribution < 1.29 is 5.11 Å². The van der Waals surface area contributed by atoms with Crippen LogP contribution < -0.4 is 11.1 Å². The Hall–Kier alpha value is -0.720. The number of nitrogens with zero attached hydrogens (tertiary/aromatic N) is 1. The Morgan fingerprint density at radius 1 is 1.08 bits per heavy atom. The van der Waals surface area contributed by atoms with Crippen LogP contribution >= 0.6 is 22.9 Å². The first kappa shape index (κ1) is 21.3. The summed E-state index contributed by atoms with van der Waals surface area (Å²) in [6, 6.07) is 7.91. The van der Waals surface area contributed by atoms with Gasteiger partial charge < -0.3 is 16.2 Å². The molecule has 3 rings (SSSR count). The zero-order valence-corrected chi connectivity index (χ0v) is 15.9. The molecule has 0 radical (unpaired) electrons. The largest absolute Gasteiger partial charge is 0.396 e. The molecule has 0 atom stereocenters. The Bertz CT molecular complexity index is 481. The summed E-state index contributed by atoms with van der Waals surface area (Å²) in [5.74, 6) is 0. The Kier molecular flexibility index (Phi) is 13.0. The fourth-order valence-electron chi connectivity index (χ4n) is 2.26. The van der Waals surface area contributed by atoms with Crippen molar-refractivity contribution in [3.05, 3.63) is 28.7 Å². The zero-order chi connectivity index (χ0) is 17.5. The SMILES string of the molecule is C1CCNCC1.Clc1nc2ccccc2s1.NCCCCCCO. The number of hydrogen-bond donors (Lipinski definition) is 3. The zero-order valence-electron chi connectivity index (χ0n) is 14.3. The molecule has 0 bridgehead atoms. The number of piperidine rings is 1. The van der Waals surface area contributed by atoms with Crippen LogP contribution in [0.2, 0.25) is 4.47 Å². The Morgan fingerprint density at radius 2 is 1.79 bits per heavy atom. The van der Waals surface area contributed by atoms with Crippen molar-refractivity contribution in [2.24, 2.45) is 5.73 Å².